The minimum absolute atomic E-state index is 0.207. The second kappa shape index (κ2) is 7.66. The molecule has 4 rings (SSSR count). The van der Waals surface area contributed by atoms with E-state index in [1.807, 2.05) is 30.9 Å². The number of allylic oxidation sites excluding steroid dienone is 5. The van der Waals surface area contributed by atoms with Crippen LogP contribution in [0.15, 0.2) is 59.0 Å². The lowest BCUT2D eigenvalue weighted by molar-refractivity contribution is 0.659. The van der Waals surface area contributed by atoms with E-state index in [2.05, 4.69) is 65.1 Å². The van der Waals surface area contributed by atoms with Crippen molar-refractivity contribution in [1.29, 1.82) is 0 Å². The molecule has 3 heterocycles. The highest BCUT2D eigenvalue weighted by molar-refractivity contribution is 7.14. The number of anilines is 1. The number of hydrogen-bond donors (Lipinski definition) is 1. The lowest BCUT2D eigenvalue weighted by Gasteiger charge is -2.19. The Morgan fingerprint density at radius 3 is 2.84 bits per heavy atom. The van der Waals surface area contributed by atoms with Crippen molar-refractivity contribution in [1.82, 2.24) is 9.78 Å². The van der Waals surface area contributed by atoms with Gasteiger partial charge in [0.25, 0.3) is 0 Å². The molecule has 0 radical (unpaired) electrons. The van der Waals surface area contributed by atoms with E-state index in [0.717, 1.165) is 28.5 Å². The molecular formula is C20H24N4S. The maximum Gasteiger partial charge on any atom is 0.0929 e. The fraction of sp³-hybridized carbons (Fsp3) is 0.300. The van der Waals surface area contributed by atoms with Crippen molar-refractivity contribution in [2.24, 2.45) is 10.9 Å². The van der Waals surface area contributed by atoms with Crippen LogP contribution in [0, 0.1) is 12.8 Å². The van der Waals surface area contributed by atoms with Gasteiger partial charge in [-0.3, -0.25) is 9.67 Å². The summed E-state index contributed by atoms with van der Waals surface area (Å²) in [6.45, 7) is 9.08. The van der Waals surface area contributed by atoms with E-state index in [1.54, 1.807) is 11.3 Å². The van der Waals surface area contributed by atoms with Gasteiger partial charge in [0.2, 0.25) is 0 Å². The first-order chi connectivity index (χ1) is 12.2. The number of hydrogen-bond acceptors (Lipinski definition) is 4. The molecule has 0 amide bonds. The van der Waals surface area contributed by atoms with Crippen molar-refractivity contribution in [3.05, 3.63) is 65.1 Å². The fourth-order valence-corrected chi connectivity index (χ4v) is 3.71. The third-order valence-corrected chi connectivity index (χ3v) is 5.06. The van der Waals surface area contributed by atoms with Gasteiger partial charge in [-0.25, -0.2) is 0 Å². The maximum absolute atomic E-state index is 4.68. The Labute approximate surface area is 153 Å². The Morgan fingerprint density at radius 1 is 1.32 bits per heavy atom. The molecule has 1 N–H and O–H groups in total. The second-order valence-electron chi connectivity index (χ2n) is 5.74. The monoisotopic (exact) mass is 352 g/mol. The Morgan fingerprint density at radius 2 is 2.16 bits per heavy atom. The third-order valence-electron chi connectivity index (χ3n) is 4.09. The summed E-state index contributed by atoms with van der Waals surface area (Å²) in [6.07, 6.45) is 12.4. The molecule has 1 aliphatic heterocycles. The molecule has 0 saturated carbocycles. The number of aryl methyl sites for hydroxylation is 2. The van der Waals surface area contributed by atoms with Gasteiger partial charge in [-0.2, -0.15) is 5.10 Å². The molecule has 0 fully saturated rings. The number of nitrogens with zero attached hydrogens (tertiary/aromatic N) is 3. The van der Waals surface area contributed by atoms with Crippen molar-refractivity contribution in [2.45, 2.75) is 34.2 Å². The molecule has 2 aromatic heterocycles. The lowest BCUT2D eigenvalue weighted by Crippen LogP contribution is -2.20. The highest BCUT2D eigenvalue weighted by Crippen LogP contribution is 2.35. The molecule has 0 spiro atoms. The van der Waals surface area contributed by atoms with Crippen molar-refractivity contribution in [3.63, 3.8) is 0 Å². The molecule has 2 aromatic rings. The highest BCUT2D eigenvalue weighted by atomic mass is 32.1. The van der Waals surface area contributed by atoms with Crippen LogP contribution in [0.3, 0.4) is 0 Å². The standard InChI is InChI=1S/C18H18N4S.C2H6/c1-3-22-10-13(8-20-22)15-9-19-18-14(15)5-4-6-16(18)21-17-7-12(2)11-23-17;1-2/h4-11,14,21H,3H2,1-2H3;1-2H3. The molecular weight excluding hydrogens is 328 g/mol. The molecule has 0 saturated heterocycles. The fourth-order valence-electron chi connectivity index (χ4n) is 2.90. The molecule has 1 unspecified atom stereocenters. The molecule has 130 valence electrons. The molecule has 1 atom stereocenters. The van der Waals surface area contributed by atoms with Gasteiger partial charge in [0.05, 0.1) is 22.6 Å². The summed E-state index contributed by atoms with van der Waals surface area (Å²) >= 11 is 1.72. The molecule has 2 aliphatic rings. The Bertz CT molecular complexity index is 864. The average molecular weight is 353 g/mol. The topological polar surface area (TPSA) is 42.2 Å². The second-order valence-corrected chi connectivity index (χ2v) is 6.65. The number of aliphatic imine (C=N–C) groups is 1. The Hall–Kier alpha value is -2.40. The minimum atomic E-state index is 0.207. The largest absolute Gasteiger partial charge is 0.346 e. The summed E-state index contributed by atoms with van der Waals surface area (Å²) in [5, 5.41) is 11.2. The van der Waals surface area contributed by atoms with Crippen molar-refractivity contribution in [2.75, 3.05) is 5.32 Å². The smallest absolute Gasteiger partial charge is 0.0929 e. The summed E-state index contributed by atoms with van der Waals surface area (Å²) in [5.74, 6) is 0.207. The molecule has 0 aromatic carbocycles. The van der Waals surface area contributed by atoms with Crippen LogP contribution in [0.5, 0.6) is 0 Å². The average Bonchev–Trinajstić information content (AvgIpc) is 3.36. The van der Waals surface area contributed by atoms with Crippen LogP contribution in [0.1, 0.15) is 31.9 Å². The number of aromatic nitrogens is 2. The number of rotatable bonds is 4. The SMILES string of the molecule is CC.CCn1cc(C2=CN=C3C(Nc4cc(C)cs4)=CC=CC23)cn1. The summed E-state index contributed by atoms with van der Waals surface area (Å²) in [6, 6.07) is 2.16. The highest BCUT2D eigenvalue weighted by Gasteiger charge is 2.29. The first kappa shape index (κ1) is 17.4. The predicted molar refractivity (Wildman–Crippen MR) is 108 cm³/mol. The lowest BCUT2D eigenvalue weighted by atomic mass is 9.88. The van der Waals surface area contributed by atoms with Crippen LogP contribution < -0.4 is 5.32 Å². The van der Waals surface area contributed by atoms with Crippen molar-refractivity contribution in [3.8, 4) is 0 Å². The van der Waals surface area contributed by atoms with E-state index in [0.29, 0.717) is 0 Å². The zero-order valence-electron chi connectivity index (χ0n) is 15.2. The van der Waals surface area contributed by atoms with Crippen molar-refractivity contribution >= 4 is 27.6 Å². The van der Waals surface area contributed by atoms with E-state index in [1.165, 1.54) is 11.1 Å². The van der Waals surface area contributed by atoms with E-state index in [4.69, 9.17) is 0 Å². The van der Waals surface area contributed by atoms with Gasteiger partial charge in [0, 0.05) is 30.4 Å². The van der Waals surface area contributed by atoms with Gasteiger partial charge >= 0.3 is 0 Å². The Kier molecular flexibility index (Phi) is 5.34. The van der Waals surface area contributed by atoms with Gasteiger partial charge in [-0.1, -0.05) is 26.0 Å². The minimum Gasteiger partial charge on any atom is -0.346 e. The maximum atomic E-state index is 4.68. The van der Waals surface area contributed by atoms with Gasteiger partial charge in [0.15, 0.2) is 0 Å². The normalized spacial score (nSPS) is 17.9. The van der Waals surface area contributed by atoms with Crippen molar-refractivity contribution < 1.29 is 0 Å². The zero-order valence-corrected chi connectivity index (χ0v) is 16.0. The van der Waals surface area contributed by atoms with E-state index >= 15 is 0 Å². The van der Waals surface area contributed by atoms with Crippen LogP contribution in [-0.2, 0) is 6.54 Å². The van der Waals surface area contributed by atoms with Gasteiger partial charge in [-0.05, 0) is 42.5 Å². The first-order valence-corrected chi connectivity index (χ1v) is 9.64. The van der Waals surface area contributed by atoms with Gasteiger partial charge in [-0.15, -0.1) is 11.3 Å². The van der Waals surface area contributed by atoms with Crippen LogP contribution >= 0.6 is 11.3 Å². The third kappa shape index (κ3) is 3.51. The summed E-state index contributed by atoms with van der Waals surface area (Å²) in [5.41, 5.74) is 5.80. The van der Waals surface area contributed by atoms with Crippen LogP contribution in [0.4, 0.5) is 5.00 Å². The van der Waals surface area contributed by atoms with E-state index in [9.17, 15) is 0 Å². The molecule has 4 nitrogen and oxygen atoms in total. The number of thiophene rings is 1. The van der Waals surface area contributed by atoms with Crippen LogP contribution in [0.25, 0.3) is 5.57 Å². The Balaban J connectivity index is 0.000000880. The predicted octanol–water partition coefficient (Wildman–Crippen LogP) is 5.28. The van der Waals surface area contributed by atoms with E-state index in [-0.39, 0.29) is 5.92 Å². The molecule has 1 aliphatic carbocycles. The quantitative estimate of drug-likeness (QED) is 0.814. The first-order valence-electron chi connectivity index (χ1n) is 8.76. The number of nitrogens with one attached hydrogen (secondary N) is 1. The molecule has 0 bridgehead atoms. The summed E-state index contributed by atoms with van der Waals surface area (Å²) in [4.78, 5) is 4.68. The summed E-state index contributed by atoms with van der Waals surface area (Å²) in [7, 11) is 0. The number of fused-ring (bicyclic) bond motifs is 1. The van der Waals surface area contributed by atoms with Gasteiger partial charge < -0.3 is 5.32 Å². The molecule has 5 heteroatoms. The van der Waals surface area contributed by atoms with E-state index < -0.39 is 0 Å². The van der Waals surface area contributed by atoms with Crippen LogP contribution in [-0.4, -0.2) is 15.5 Å². The zero-order chi connectivity index (χ0) is 17.8. The van der Waals surface area contributed by atoms with Gasteiger partial charge in [0.1, 0.15) is 0 Å². The van der Waals surface area contributed by atoms with Crippen LogP contribution in [0.2, 0.25) is 0 Å². The summed E-state index contributed by atoms with van der Waals surface area (Å²) < 4.78 is 1.95. The molecule has 25 heavy (non-hydrogen) atoms.